The maximum Gasteiger partial charge on any atom is 0.417 e. The van der Waals surface area contributed by atoms with Crippen molar-refractivity contribution in [2.24, 2.45) is 0 Å². The Balaban J connectivity index is 1.28. The summed E-state index contributed by atoms with van der Waals surface area (Å²) in [5, 5.41) is 12.1. The van der Waals surface area contributed by atoms with Gasteiger partial charge in [0.15, 0.2) is 5.69 Å². The molecule has 0 aliphatic carbocycles. The van der Waals surface area contributed by atoms with Gasteiger partial charge in [-0.05, 0) is 36.6 Å². The Morgan fingerprint density at radius 1 is 1.09 bits per heavy atom. The van der Waals surface area contributed by atoms with E-state index in [1.165, 1.54) is 18.5 Å². The second-order valence-electron chi connectivity index (χ2n) is 9.64. The van der Waals surface area contributed by atoms with E-state index < -0.39 is 47.0 Å². The van der Waals surface area contributed by atoms with Gasteiger partial charge >= 0.3 is 6.18 Å². The minimum Gasteiger partial charge on any atom is -0.346 e. The van der Waals surface area contributed by atoms with Crippen molar-refractivity contribution in [1.82, 2.24) is 29.9 Å². The molecule has 0 aliphatic heterocycles. The first kappa shape index (κ1) is 31.0. The number of alkyl halides is 4. The van der Waals surface area contributed by atoms with Crippen LogP contribution in [0.5, 0.6) is 0 Å². The highest BCUT2D eigenvalue weighted by molar-refractivity contribution is 5.95. The van der Waals surface area contributed by atoms with E-state index in [4.69, 9.17) is 0 Å². The van der Waals surface area contributed by atoms with Crippen molar-refractivity contribution < 1.29 is 31.5 Å². The third-order valence-electron chi connectivity index (χ3n) is 6.47. The fraction of sp³-hybridized carbons (Fsp3) is 0.286. The van der Waals surface area contributed by atoms with Crippen LogP contribution in [-0.2, 0) is 30.6 Å². The number of benzene rings is 1. The van der Waals surface area contributed by atoms with Gasteiger partial charge < -0.3 is 15.2 Å². The Labute approximate surface area is 241 Å². The zero-order valence-electron chi connectivity index (χ0n) is 22.7. The summed E-state index contributed by atoms with van der Waals surface area (Å²) < 4.78 is 69.9. The molecule has 0 fully saturated rings. The zero-order valence-corrected chi connectivity index (χ0v) is 22.7. The Kier molecular flexibility index (Phi) is 9.63. The van der Waals surface area contributed by atoms with Crippen LogP contribution in [0.3, 0.4) is 0 Å². The van der Waals surface area contributed by atoms with Crippen LogP contribution < -0.4 is 16.2 Å². The summed E-state index contributed by atoms with van der Waals surface area (Å²) in [7, 11) is 0. The van der Waals surface area contributed by atoms with Gasteiger partial charge in [0, 0.05) is 31.7 Å². The number of amides is 2. The second kappa shape index (κ2) is 13.4. The van der Waals surface area contributed by atoms with E-state index >= 15 is 0 Å². The van der Waals surface area contributed by atoms with Gasteiger partial charge in [-0.3, -0.25) is 19.4 Å². The molecule has 4 aromatic rings. The van der Waals surface area contributed by atoms with Crippen molar-refractivity contribution >= 4 is 17.5 Å². The molecule has 10 nitrogen and oxygen atoms in total. The average molecular weight is 604 g/mol. The predicted molar refractivity (Wildman–Crippen MR) is 144 cm³/mol. The van der Waals surface area contributed by atoms with Crippen LogP contribution in [0, 0.1) is 5.82 Å². The van der Waals surface area contributed by atoms with Crippen LogP contribution in [0.1, 0.15) is 46.4 Å². The van der Waals surface area contributed by atoms with Gasteiger partial charge in [-0.15, -0.1) is 5.10 Å². The van der Waals surface area contributed by atoms with E-state index in [0.717, 1.165) is 27.1 Å². The normalized spacial score (nSPS) is 12.9. The summed E-state index contributed by atoms with van der Waals surface area (Å²) in [6.07, 6.45) is -2.10. The Morgan fingerprint density at radius 3 is 2.56 bits per heavy atom. The molecule has 4 rings (SSSR count). The molecule has 0 saturated heterocycles. The van der Waals surface area contributed by atoms with Gasteiger partial charge in [0.2, 0.25) is 11.7 Å². The van der Waals surface area contributed by atoms with Gasteiger partial charge in [-0.2, -0.15) is 17.6 Å². The minimum absolute atomic E-state index is 0.114. The van der Waals surface area contributed by atoms with Crippen molar-refractivity contribution in [3.05, 3.63) is 106 Å². The maximum atomic E-state index is 14.7. The SMILES string of the molecule is C[C@H](C(=O)Nc1ccn(CCC(F)Cn2cc(C(=O)NCc3cncc(C(F)(F)F)c3)nn2)c(=O)c1F)c1ccccc1. The Morgan fingerprint density at radius 2 is 1.84 bits per heavy atom. The van der Waals surface area contributed by atoms with Crippen molar-refractivity contribution in [2.45, 2.75) is 51.2 Å². The largest absolute Gasteiger partial charge is 0.417 e. The number of hydrogen-bond donors (Lipinski definition) is 2. The number of carbonyl (C=O) groups is 2. The number of rotatable bonds is 11. The topological polar surface area (TPSA) is 124 Å². The molecule has 0 radical (unpaired) electrons. The molecular formula is C28H26F5N7O3. The number of nitrogens with one attached hydrogen (secondary N) is 2. The van der Waals surface area contributed by atoms with Gasteiger partial charge in [-0.25, -0.2) is 9.07 Å². The molecule has 1 unspecified atom stereocenters. The predicted octanol–water partition coefficient (Wildman–Crippen LogP) is 4.09. The van der Waals surface area contributed by atoms with Gasteiger partial charge in [0.25, 0.3) is 11.5 Å². The summed E-state index contributed by atoms with van der Waals surface area (Å²) in [4.78, 5) is 40.8. The molecule has 0 aliphatic rings. The first-order chi connectivity index (χ1) is 20.4. The second-order valence-corrected chi connectivity index (χ2v) is 9.64. The molecule has 0 spiro atoms. The number of nitrogens with zero attached hydrogens (tertiary/aromatic N) is 5. The standard InChI is InChI=1S/C28H26F5N7O3/c1-17(19-5-3-2-4-6-19)25(41)36-22-8-10-39(27(43)24(22)30)9-7-21(29)15-40-16-23(37-38-40)26(42)35-13-18-11-20(14-34-12-18)28(31,32)33/h2-6,8,10-12,14,16-17,21H,7,9,13,15H2,1H3,(H,35,42)(H,36,41)/t17-,21?/m0/s1. The molecule has 43 heavy (non-hydrogen) atoms. The summed E-state index contributed by atoms with van der Waals surface area (Å²) in [6, 6.07) is 10.9. The highest BCUT2D eigenvalue weighted by atomic mass is 19.4. The van der Waals surface area contributed by atoms with Gasteiger partial charge in [0.05, 0.1) is 29.9 Å². The quantitative estimate of drug-likeness (QED) is 0.249. The van der Waals surface area contributed by atoms with E-state index in [0.29, 0.717) is 6.20 Å². The third kappa shape index (κ3) is 8.08. The molecule has 2 amide bonds. The molecule has 2 atom stereocenters. The number of hydrogen-bond acceptors (Lipinski definition) is 6. The molecule has 0 saturated carbocycles. The molecule has 3 aromatic heterocycles. The lowest BCUT2D eigenvalue weighted by Crippen LogP contribution is -2.27. The van der Waals surface area contributed by atoms with Gasteiger partial charge in [-0.1, -0.05) is 35.5 Å². The van der Waals surface area contributed by atoms with Crippen LogP contribution in [0.15, 0.2) is 72.0 Å². The maximum absolute atomic E-state index is 14.7. The summed E-state index contributed by atoms with van der Waals surface area (Å²) in [5.41, 5.74) is -1.64. The number of aromatic nitrogens is 5. The lowest BCUT2D eigenvalue weighted by atomic mass is 10.0. The van der Waals surface area contributed by atoms with Crippen molar-refractivity contribution in [1.29, 1.82) is 0 Å². The number of carbonyl (C=O) groups excluding carboxylic acids is 2. The highest BCUT2D eigenvalue weighted by Gasteiger charge is 2.31. The molecule has 15 heteroatoms. The van der Waals surface area contributed by atoms with Crippen LogP contribution in [0.2, 0.25) is 0 Å². The smallest absolute Gasteiger partial charge is 0.346 e. The number of halogens is 5. The Hall–Kier alpha value is -4.95. The van der Waals surface area contributed by atoms with Crippen molar-refractivity contribution in [2.75, 3.05) is 5.32 Å². The van der Waals surface area contributed by atoms with Crippen LogP contribution in [-0.4, -0.2) is 42.5 Å². The molecule has 2 N–H and O–H groups in total. The summed E-state index contributed by atoms with van der Waals surface area (Å²) >= 11 is 0. The van der Waals surface area contributed by atoms with E-state index in [2.05, 4.69) is 25.9 Å². The minimum atomic E-state index is -4.58. The highest BCUT2D eigenvalue weighted by Crippen LogP contribution is 2.28. The summed E-state index contributed by atoms with van der Waals surface area (Å²) in [6.45, 7) is 0.877. The fourth-order valence-electron chi connectivity index (χ4n) is 4.03. The molecule has 0 bridgehead atoms. The van der Waals surface area contributed by atoms with E-state index in [1.807, 2.05) is 0 Å². The fourth-order valence-corrected chi connectivity index (χ4v) is 4.03. The Bertz CT molecular complexity index is 1640. The molecule has 1 aromatic carbocycles. The van der Waals surface area contributed by atoms with E-state index in [1.54, 1.807) is 37.3 Å². The van der Waals surface area contributed by atoms with E-state index in [9.17, 15) is 36.3 Å². The van der Waals surface area contributed by atoms with E-state index in [-0.39, 0.29) is 43.0 Å². The zero-order chi connectivity index (χ0) is 31.1. The lowest BCUT2D eigenvalue weighted by molar-refractivity contribution is -0.137. The van der Waals surface area contributed by atoms with Gasteiger partial charge in [0.1, 0.15) is 6.17 Å². The monoisotopic (exact) mass is 603 g/mol. The third-order valence-corrected chi connectivity index (χ3v) is 6.47. The molecule has 226 valence electrons. The van der Waals surface area contributed by atoms with Crippen LogP contribution in [0.25, 0.3) is 0 Å². The summed E-state index contributed by atoms with van der Waals surface area (Å²) in [5.74, 6) is -3.02. The lowest BCUT2D eigenvalue weighted by Gasteiger charge is -2.14. The van der Waals surface area contributed by atoms with Crippen LogP contribution >= 0.6 is 0 Å². The number of anilines is 1. The first-order valence-corrected chi connectivity index (χ1v) is 13.0. The average Bonchev–Trinajstić information content (AvgIpc) is 3.46. The van der Waals surface area contributed by atoms with Crippen molar-refractivity contribution in [3.63, 3.8) is 0 Å². The first-order valence-electron chi connectivity index (χ1n) is 13.0. The molecule has 3 heterocycles. The molecular weight excluding hydrogens is 577 g/mol. The number of pyridine rings is 2. The van der Waals surface area contributed by atoms with Crippen LogP contribution in [0.4, 0.5) is 27.6 Å². The van der Waals surface area contributed by atoms with Crippen molar-refractivity contribution in [3.8, 4) is 0 Å². The number of aryl methyl sites for hydroxylation is 1.